The molecule has 0 saturated heterocycles. The van der Waals surface area contributed by atoms with Crippen molar-refractivity contribution in [2.75, 3.05) is 0 Å². The van der Waals surface area contributed by atoms with Gasteiger partial charge in [-0.25, -0.2) is 0 Å². The van der Waals surface area contributed by atoms with Crippen LogP contribution in [0.3, 0.4) is 0 Å². The van der Waals surface area contributed by atoms with Gasteiger partial charge in [0.15, 0.2) is 0 Å². The fraction of sp³-hybridized carbons (Fsp3) is 0.565. The van der Waals surface area contributed by atoms with Crippen LogP contribution in [0.1, 0.15) is 61.8 Å². The Kier molecular flexibility index (Phi) is 9.31. The van der Waals surface area contributed by atoms with Gasteiger partial charge in [0.25, 0.3) is 0 Å². The lowest BCUT2D eigenvalue weighted by atomic mass is 10.1. The third kappa shape index (κ3) is 7.13. The molecule has 0 radical (unpaired) electrons. The highest BCUT2D eigenvalue weighted by molar-refractivity contribution is 8.05. The summed E-state index contributed by atoms with van der Waals surface area (Å²) in [6.07, 6.45) is 10.6. The van der Waals surface area contributed by atoms with E-state index in [2.05, 4.69) is 79.7 Å². The van der Waals surface area contributed by atoms with E-state index in [1.165, 1.54) is 30.8 Å². The van der Waals surface area contributed by atoms with Crippen molar-refractivity contribution in [2.45, 2.75) is 82.8 Å². The molecule has 0 aromatic carbocycles. The Bertz CT molecular complexity index is 627. The summed E-state index contributed by atoms with van der Waals surface area (Å²) in [5.74, 6) is 0. The Morgan fingerprint density at radius 2 is 0.889 bits per heavy atom. The first-order valence-corrected chi connectivity index (χ1v) is 13.4. The number of hydrogen-bond acceptors (Lipinski definition) is 4. The van der Waals surface area contributed by atoms with Gasteiger partial charge in [0.1, 0.15) is 0 Å². The highest BCUT2D eigenvalue weighted by atomic mass is 32.2. The van der Waals surface area contributed by atoms with Crippen LogP contribution >= 0.6 is 47.0 Å². The van der Waals surface area contributed by atoms with Crippen LogP contribution in [0.2, 0.25) is 0 Å². The minimum atomic E-state index is 0.589. The van der Waals surface area contributed by atoms with Gasteiger partial charge >= 0.3 is 0 Å². The molecule has 4 heteroatoms. The predicted molar refractivity (Wildman–Crippen MR) is 135 cm³/mol. The molecular weight excluding hydrogens is 405 g/mol. The normalized spacial score (nSPS) is 17.9. The van der Waals surface area contributed by atoms with Crippen LogP contribution < -0.4 is 0 Å². The second kappa shape index (κ2) is 10.8. The Morgan fingerprint density at radius 1 is 0.556 bits per heavy atom. The topological polar surface area (TPSA) is 0 Å². The van der Waals surface area contributed by atoms with E-state index in [0.717, 1.165) is 6.42 Å². The lowest BCUT2D eigenvalue weighted by molar-refractivity contribution is 1.10. The fourth-order valence-electron chi connectivity index (χ4n) is 2.93. The van der Waals surface area contributed by atoms with Gasteiger partial charge in [0.05, 0.1) is 0 Å². The van der Waals surface area contributed by atoms with Gasteiger partial charge in [0, 0.05) is 47.0 Å². The van der Waals surface area contributed by atoms with Crippen molar-refractivity contribution in [3.05, 3.63) is 55.1 Å². The number of fused-ring (bicyclic) bond motifs is 2. The first kappa shape index (κ1) is 23.4. The van der Waals surface area contributed by atoms with Gasteiger partial charge in [-0.15, -0.1) is 47.0 Å². The molecule has 150 valence electrons. The van der Waals surface area contributed by atoms with Crippen molar-refractivity contribution in [1.29, 1.82) is 0 Å². The van der Waals surface area contributed by atoms with Crippen LogP contribution in [0.5, 0.6) is 0 Å². The minimum absolute atomic E-state index is 0.589. The average Bonchev–Trinajstić information content (AvgIpc) is 2.79. The Balaban J connectivity index is 2.59. The van der Waals surface area contributed by atoms with Crippen molar-refractivity contribution < 1.29 is 0 Å². The lowest BCUT2D eigenvalue weighted by Crippen LogP contribution is -1.99. The molecule has 0 aliphatic heterocycles. The highest BCUT2D eigenvalue weighted by Gasteiger charge is 2.25. The molecule has 0 atom stereocenters. The van der Waals surface area contributed by atoms with E-state index in [-0.39, 0.29) is 0 Å². The Morgan fingerprint density at radius 3 is 1.19 bits per heavy atom. The molecule has 2 aliphatic rings. The first-order valence-electron chi connectivity index (χ1n) is 9.91. The minimum Gasteiger partial charge on any atom is -0.123 e. The maximum absolute atomic E-state index is 2.38. The summed E-state index contributed by atoms with van der Waals surface area (Å²) in [4.78, 5) is 5.80. The maximum Gasteiger partial charge on any atom is 0.0122 e. The van der Waals surface area contributed by atoms with E-state index in [9.17, 15) is 0 Å². The third-order valence-electron chi connectivity index (χ3n) is 3.77. The fourth-order valence-corrected chi connectivity index (χ4v) is 6.98. The second-order valence-corrected chi connectivity index (χ2v) is 14.4. The largest absolute Gasteiger partial charge is 0.123 e. The summed E-state index contributed by atoms with van der Waals surface area (Å²) in [7, 11) is 0. The molecule has 0 N–H and O–H groups in total. The summed E-state index contributed by atoms with van der Waals surface area (Å²) in [5, 5.41) is 2.36. The van der Waals surface area contributed by atoms with Crippen LogP contribution in [-0.2, 0) is 0 Å². The SMILES string of the molecule is CC(C)SC1=CC=C(SC(C)C)C2=C(SC(C)C)C=CC(SC(C)C)=C1C2. The summed E-state index contributed by atoms with van der Waals surface area (Å²) >= 11 is 8.02. The van der Waals surface area contributed by atoms with Crippen LogP contribution in [-0.4, -0.2) is 21.0 Å². The smallest absolute Gasteiger partial charge is 0.0122 e. The Labute approximate surface area is 184 Å². The lowest BCUT2D eigenvalue weighted by Gasteiger charge is -2.19. The molecule has 0 nitrogen and oxygen atoms in total. The van der Waals surface area contributed by atoms with E-state index in [1.807, 2.05) is 47.0 Å². The molecule has 0 spiro atoms. The number of rotatable bonds is 8. The van der Waals surface area contributed by atoms with Crippen LogP contribution in [0.15, 0.2) is 55.1 Å². The molecule has 0 heterocycles. The van der Waals surface area contributed by atoms with E-state index < -0.39 is 0 Å². The maximum atomic E-state index is 2.38. The van der Waals surface area contributed by atoms with Crippen LogP contribution in [0, 0.1) is 0 Å². The molecule has 2 aliphatic carbocycles. The van der Waals surface area contributed by atoms with E-state index in [1.54, 1.807) is 0 Å². The van der Waals surface area contributed by atoms with Crippen molar-refractivity contribution in [2.24, 2.45) is 0 Å². The van der Waals surface area contributed by atoms with E-state index >= 15 is 0 Å². The number of hydrogen-bond donors (Lipinski definition) is 0. The van der Waals surface area contributed by atoms with Crippen molar-refractivity contribution in [1.82, 2.24) is 0 Å². The summed E-state index contributed by atoms with van der Waals surface area (Å²) in [6.45, 7) is 18.4. The molecule has 0 unspecified atom stereocenters. The zero-order chi connectivity index (χ0) is 20.1. The molecule has 0 fully saturated rings. The summed E-state index contributed by atoms with van der Waals surface area (Å²) < 4.78 is 0. The van der Waals surface area contributed by atoms with Gasteiger partial charge in [-0.05, 0) is 35.5 Å². The molecule has 2 bridgehead atoms. The third-order valence-corrected chi connectivity index (χ3v) is 8.20. The predicted octanol–water partition coefficient (Wildman–Crippen LogP) is 8.80. The zero-order valence-corrected chi connectivity index (χ0v) is 21.2. The first-order chi connectivity index (χ1) is 12.7. The number of allylic oxidation sites excluding steroid dienone is 6. The molecule has 27 heavy (non-hydrogen) atoms. The quantitative estimate of drug-likeness (QED) is 0.371. The van der Waals surface area contributed by atoms with Crippen LogP contribution in [0.4, 0.5) is 0 Å². The molecule has 0 saturated carbocycles. The molecular formula is C23H34S4. The van der Waals surface area contributed by atoms with Gasteiger partial charge in [-0.1, -0.05) is 55.4 Å². The molecule has 0 aromatic heterocycles. The van der Waals surface area contributed by atoms with Gasteiger partial charge in [0.2, 0.25) is 0 Å². The van der Waals surface area contributed by atoms with E-state index in [4.69, 9.17) is 0 Å². The average molecular weight is 439 g/mol. The van der Waals surface area contributed by atoms with Gasteiger partial charge in [-0.2, -0.15) is 0 Å². The molecule has 0 amide bonds. The zero-order valence-electron chi connectivity index (χ0n) is 18.0. The number of thioether (sulfide) groups is 4. The standard InChI is InChI=1S/C23H34S4/c1-14(2)24-20-9-10-22(26-16(5)6)19-13-18(20)21(25-15(3)4)11-12-23(19)27-17(7)8/h9-12,14-17H,13H2,1-8H3. The van der Waals surface area contributed by atoms with Crippen molar-refractivity contribution in [3.8, 4) is 0 Å². The monoisotopic (exact) mass is 438 g/mol. The molecule has 2 rings (SSSR count). The Hall–Kier alpha value is 0.1000. The molecule has 0 aromatic rings. The van der Waals surface area contributed by atoms with Crippen molar-refractivity contribution in [3.63, 3.8) is 0 Å². The summed E-state index contributed by atoms with van der Waals surface area (Å²) in [6, 6.07) is 0. The highest BCUT2D eigenvalue weighted by Crippen LogP contribution is 2.48. The van der Waals surface area contributed by atoms with Crippen LogP contribution in [0.25, 0.3) is 0 Å². The van der Waals surface area contributed by atoms with Crippen molar-refractivity contribution >= 4 is 47.0 Å². The van der Waals surface area contributed by atoms with Gasteiger partial charge < -0.3 is 0 Å². The van der Waals surface area contributed by atoms with E-state index in [0.29, 0.717) is 21.0 Å². The second-order valence-electron chi connectivity index (χ2n) is 7.92. The summed E-state index contributed by atoms with van der Waals surface area (Å²) in [5.41, 5.74) is 3.04. The van der Waals surface area contributed by atoms with Gasteiger partial charge in [-0.3, -0.25) is 0 Å².